The van der Waals surface area contributed by atoms with Crippen molar-refractivity contribution < 1.29 is 14.3 Å². The summed E-state index contributed by atoms with van der Waals surface area (Å²) in [6.45, 7) is 1.61. The van der Waals surface area contributed by atoms with E-state index in [2.05, 4.69) is 20.8 Å². The molecule has 0 radical (unpaired) electrons. The Kier molecular flexibility index (Phi) is 5.43. The number of ether oxygens (including phenoxy) is 2. The Morgan fingerprint density at radius 3 is 2.90 bits per heavy atom. The number of piperidine rings is 1. The summed E-state index contributed by atoms with van der Waals surface area (Å²) in [4.78, 5) is 14.1. The summed E-state index contributed by atoms with van der Waals surface area (Å²) in [7, 11) is 3.12. The number of carbonyl (C=O) groups is 1. The van der Waals surface area contributed by atoms with Crippen LogP contribution in [-0.4, -0.2) is 37.7 Å². The first-order valence-electron chi connectivity index (χ1n) is 6.80. The maximum absolute atomic E-state index is 11.9. The second kappa shape index (κ2) is 7.09. The molecule has 0 aromatic heterocycles. The highest BCUT2D eigenvalue weighted by Gasteiger charge is 2.29. The predicted molar refractivity (Wildman–Crippen MR) is 80.8 cm³/mol. The van der Waals surface area contributed by atoms with Gasteiger partial charge in [-0.1, -0.05) is 22.4 Å². The molecule has 4 nitrogen and oxygen atoms in total. The van der Waals surface area contributed by atoms with Gasteiger partial charge in [-0.25, -0.2) is 0 Å². The highest BCUT2D eigenvalue weighted by molar-refractivity contribution is 9.10. The quantitative estimate of drug-likeness (QED) is 0.789. The van der Waals surface area contributed by atoms with Crippen molar-refractivity contribution in [3.05, 3.63) is 28.2 Å². The number of carbonyl (C=O) groups excluding carboxylic acids is 1. The van der Waals surface area contributed by atoms with E-state index in [1.165, 1.54) is 7.11 Å². The molecule has 1 aromatic carbocycles. The van der Waals surface area contributed by atoms with E-state index < -0.39 is 0 Å². The van der Waals surface area contributed by atoms with Crippen molar-refractivity contribution >= 4 is 21.9 Å². The molecule has 1 fully saturated rings. The number of rotatable bonds is 4. The average Bonchev–Trinajstić information content (AvgIpc) is 2.47. The number of halogens is 1. The molecule has 1 aliphatic rings. The summed E-state index contributed by atoms with van der Waals surface area (Å²) < 4.78 is 11.3. The molecule has 0 bridgehead atoms. The maximum Gasteiger partial charge on any atom is 0.323 e. The summed E-state index contributed by atoms with van der Waals surface area (Å²) in [6, 6.07) is 5.80. The maximum atomic E-state index is 11.9. The third kappa shape index (κ3) is 3.52. The van der Waals surface area contributed by atoms with Gasteiger partial charge in [0, 0.05) is 16.6 Å². The standard InChI is InChI=1S/C15H20BrNO3/c1-19-14-7-6-12(16)9-11(14)10-17-8-4-3-5-13(17)15(18)20-2/h6-7,9,13H,3-5,8,10H2,1-2H3/t13-/m1/s1. The van der Waals surface area contributed by atoms with Crippen LogP contribution in [0, 0.1) is 0 Å². The lowest BCUT2D eigenvalue weighted by Crippen LogP contribution is -2.44. The van der Waals surface area contributed by atoms with Gasteiger partial charge in [-0.3, -0.25) is 9.69 Å². The number of methoxy groups -OCH3 is 2. The van der Waals surface area contributed by atoms with Crippen molar-refractivity contribution in [1.29, 1.82) is 0 Å². The first kappa shape index (κ1) is 15.3. The molecular weight excluding hydrogens is 322 g/mol. The number of benzene rings is 1. The van der Waals surface area contributed by atoms with E-state index in [-0.39, 0.29) is 12.0 Å². The molecule has 1 saturated heterocycles. The molecular formula is C15H20BrNO3. The summed E-state index contributed by atoms with van der Waals surface area (Å²) >= 11 is 3.48. The minimum atomic E-state index is -0.141. The van der Waals surface area contributed by atoms with Crippen LogP contribution < -0.4 is 4.74 Å². The number of hydrogen-bond donors (Lipinski definition) is 0. The number of esters is 1. The molecule has 0 unspecified atom stereocenters. The van der Waals surface area contributed by atoms with E-state index in [1.807, 2.05) is 18.2 Å². The van der Waals surface area contributed by atoms with Gasteiger partial charge in [-0.05, 0) is 37.6 Å². The molecule has 1 aromatic rings. The first-order valence-corrected chi connectivity index (χ1v) is 7.59. The smallest absolute Gasteiger partial charge is 0.323 e. The Morgan fingerprint density at radius 1 is 1.40 bits per heavy atom. The fourth-order valence-corrected chi connectivity index (χ4v) is 3.08. The van der Waals surface area contributed by atoms with E-state index >= 15 is 0 Å². The highest BCUT2D eigenvalue weighted by atomic mass is 79.9. The van der Waals surface area contributed by atoms with Crippen molar-refractivity contribution in [3.8, 4) is 5.75 Å². The van der Waals surface area contributed by atoms with E-state index in [1.54, 1.807) is 7.11 Å². The van der Waals surface area contributed by atoms with Gasteiger partial charge in [0.2, 0.25) is 0 Å². The molecule has 5 heteroatoms. The van der Waals surface area contributed by atoms with Gasteiger partial charge in [0.05, 0.1) is 14.2 Å². The fraction of sp³-hybridized carbons (Fsp3) is 0.533. The monoisotopic (exact) mass is 341 g/mol. The van der Waals surface area contributed by atoms with Gasteiger partial charge in [0.25, 0.3) is 0 Å². The predicted octanol–water partition coefficient (Wildman–Crippen LogP) is 2.99. The minimum absolute atomic E-state index is 0.140. The molecule has 0 N–H and O–H groups in total. The summed E-state index contributed by atoms with van der Waals surface area (Å²) in [5.74, 6) is 0.709. The number of hydrogen-bond acceptors (Lipinski definition) is 4. The van der Waals surface area contributed by atoms with Gasteiger partial charge in [0.1, 0.15) is 11.8 Å². The topological polar surface area (TPSA) is 38.8 Å². The molecule has 1 atom stereocenters. The Morgan fingerprint density at radius 2 is 2.20 bits per heavy atom. The minimum Gasteiger partial charge on any atom is -0.496 e. The van der Waals surface area contributed by atoms with Crippen molar-refractivity contribution in [1.82, 2.24) is 4.90 Å². The van der Waals surface area contributed by atoms with Gasteiger partial charge >= 0.3 is 5.97 Å². The van der Waals surface area contributed by atoms with Gasteiger partial charge < -0.3 is 9.47 Å². The lowest BCUT2D eigenvalue weighted by Gasteiger charge is -2.34. The largest absolute Gasteiger partial charge is 0.496 e. The Balaban J connectivity index is 2.18. The molecule has 1 heterocycles. The molecule has 2 rings (SSSR count). The zero-order chi connectivity index (χ0) is 14.5. The number of likely N-dealkylation sites (tertiary alicyclic amines) is 1. The van der Waals surface area contributed by atoms with Gasteiger partial charge in [0.15, 0.2) is 0 Å². The Hall–Kier alpha value is -1.07. The molecule has 0 saturated carbocycles. The Bertz CT molecular complexity index is 478. The summed E-state index contributed by atoms with van der Waals surface area (Å²) in [6.07, 6.45) is 3.05. The third-order valence-electron chi connectivity index (χ3n) is 3.70. The zero-order valence-corrected chi connectivity index (χ0v) is 13.5. The van der Waals surface area contributed by atoms with Crippen LogP contribution in [0.5, 0.6) is 5.75 Å². The lowest BCUT2D eigenvalue weighted by molar-refractivity contribution is -0.148. The van der Waals surface area contributed by atoms with Crippen LogP contribution in [0.3, 0.4) is 0 Å². The number of nitrogens with zero attached hydrogens (tertiary/aromatic N) is 1. The van der Waals surface area contributed by atoms with E-state index in [0.717, 1.165) is 41.6 Å². The van der Waals surface area contributed by atoms with Crippen molar-refractivity contribution in [2.45, 2.75) is 31.8 Å². The van der Waals surface area contributed by atoms with Crippen molar-refractivity contribution in [3.63, 3.8) is 0 Å². The molecule has 0 spiro atoms. The third-order valence-corrected chi connectivity index (χ3v) is 4.20. The molecule has 110 valence electrons. The van der Waals surface area contributed by atoms with Crippen LogP contribution in [0.25, 0.3) is 0 Å². The summed E-state index contributed by atoms with van der Waals surface area (Å²) in [5, 5.41) is 0. The fourth-order valence-electron chi connectivity index (χ4n) is 2.67. The highest BCUT2D eigenvalue weighted by Crippen LogP contribution is 2.27. The molecule has 1 aliphatic heterocycles. The second-order valence-corrected chi connectivity index (χ2v) is 5.88. The SMILES string of the molecule is COC(=O)[C@H]1CCCCN1Cc1cc(Br)ccc1OC. The zero-order valence-electron chi connectivity index (χ0n) is 11.9. The Labute approximate surface area is 128 Å². The molecule has 0 amide bonds. The van der Waals surface area contributed by atoms with Crippen LogP contribution in [0.15, 0.2) is 22.7 Å². The van der Waals surface area contributed by atoms with Crippen LogP contribution in [0.1, 0.15) is 24.8 Å². The average molecular weight is 342 g/mol. The molecule has 0 aliphatic carbocycles. The second-order valence-electron chi connectivity index (χ2n) is 4.96. The van der Waals surface area contributed by atoms with Crippen LogP contribution in [0.4, 0.5) is 0 Å². The van der Waals surface area contributed by atoms with E-state index in [0.29, 0.717) is 6.54 Å². The molecule has 20 heavy (non-hydrogen) atoms. The van der Waals surface area contributed by atoms with Crippen molar-refractivity contribution in [2.24, 2.45) is 0 Å². The van der Waals surface area contributed by atoms with Gasteiger partial charge in [-0.2, -0.15) is 0 Å². The van der Waals surface area contributed by atoms with Crippen LogP contribution in [-0.2, 0) is 16.1 Å². The summed E-state index contributed by atoms with van der Waals surface area (Å²) in [5.41, 5.74) is 1.08. The van der Waals surface area contributed by atoms with Crippen LogP contribution >= 0.6 is 15.9 Å². The van der Waals surface area contributed by atoms with Crippen molar-refractivity contribution in [2.75, 3.05) is 20.8 Å². The van der Waals surface area contributed by atoms with E-state index in [9.17, 15) is 4.79 Å². The lowest BCUT2D eigenvalue weighted by atomic mass is 10.0. The normalized spacial score (nSPS) is 19.6. The van der Waals surface area contributed by atoms with Crippen LogP contribution in [0.2, 0.25) is 0 Å². The first-order chi connectivity index (χ1) is 9.65. The van der Waals surface area contributed by atoms with Gasteiger partial charge in [-0.15, -0.1) is 0 Å². The van der Waals surface area contributed by atoms with E-state index in [4.69, 9.17) is 9.47 Å².